The van der Waals surface area contributed by atoms with Crippen LogP contribution in [0.25, 0.3) is 0 Å². The van der Waals surface area contributed by atoms with Crippen molar-refractivity contribution in [3.05, 3.63) is 34.6 Å². The maximum absolute atomic E-state index is 6.04. The zero-order valence-electron chi connectivity index (χ0n) is 10.2. The largest absolute Gasteiger partial charge is 0.313 e. The predicted octanol–water partition coefficient (Wildman–Crippen LogP) is 3.76. The van der Waals surface area contributed by atoms with Crippen LogP contribution in [0.1, 0.15) is 18.3 Å². The van der Waals surface area contributed by atoms with E-state index in [0.29, 0.717) is 0 Å². The molecule has 96 valence electrons. The highest BCUT2D eigenvalue weighted by atomic mass is 35.5. The van der Waals surface area contributed by atoms with Crippen LogP contribution in [0.5, 0.6) is 0 Å². The van der Waals surface area contributed by atoms with Crippen molar-refractivity contribution in [2.24, 2.45) is 0 Å². The normalized spacial score (nSPS) is 10.8. The lowest BCUT2D eigenvalue weighted by atomic mass is 10.2. The van der Waals surface area contributed by atoms with Crippen LogP contribution in [0, 0.1) is 6.92 Å². The number of nitrogens with one attached hydrogen (secondary N) is 1. The van der Waals surface area contributed by atoms with Gasteiger partial charge < -0.3 is 5.32 Å². The van der Waals surface area contributed by atoms with Crippen LogP contribution in [-0.2, 0) is 6.54 Å². The Morgan fingerprint density at radius 1 is 1.44 bits per heavy atom. The van der Waals surface area contributed by atoms with Gasteiger partial charge in [-0.05, 0) is 48.8 Å². The average molecular weight is 300 g/mol. The summed E-state index contributed by atoms with van der Waals surface area (Å²) in [6.07, 6.45) is 0. The second kappa shape index (κ2) is 6.52. The fourth-order valence-corrected chi connectivity index (χ4v) is 3.37. The maximum atomic E-state index is 6.04. The Bertz CT molecular complexity index is 528. The Kier molecular flexibility index (Phi) is 5.00. The summed E-state index contributed by atoms with van der Waals surface area (Å²) in [6, 6.07) is 5.95. The number of benzene rings is 1. The highest BCUT2D eigenvalue weighted by molar-refractivity contribution is 8.01. The van der Waals surface area contributed by atoms with Gasteiger partial charge in [-0.25, -0.2) is 4.98 Å². The predicted molar refractivity (Wildman–Crippen MR) is 77.6 cm³/mol. The topological polar surface area (TPSA) is 37.8 Å². The summed E-state index contributed by atoms with van der Waals surface area (Å²) >= 11 is 9.11. The van der Waals surface area contributed by atoms with E-state index >= 15 is 0 Å². The highest BCUT2D eigenvalue weighted by Gasteiger charge is 2.08. The van der Waals surface area contributed by atoms with E-state index in [9.17, 15) is 0 Å². The first-order valence-electron chi connectivity index (χ1n) is 5.66. The Hall–Kier alpha value is -0.620. The molecular weight excluding hydrogens is 286 g/mol. The Morgan fingerprint density at radius 3 is 2.94 bits per heavy atom. The van der Waals surface area contributed by atoms with Crippen LogP contribution >= 0.6 is 34.9 Å². The van der Waals surface area contributed by atoms with Gasteiger partial charge in [0.15, 0.2) is 4.34 Å². The number of aryl methyl sites for hydroxylation is 1. The van der Waals surface area contributed by atoms with Gasteiger partial charge in [0.25, 0.3) is 0 Å². The fourth-order valence-electron chi connectivity index (χ4n) is 1.46. The van der Waals surface area contributed by atoms with E-state index in [0.717, 1.165) is 28.3 Å². The molecule has 18 heavy (non-hydrogen) atoms. The van der Waals surface area contributed by atoms with Crippen molar-refractivity contribution < 1.29 is 0 Å². The molecule has 0 amide bonds. The van der Waals surface area contributed by atoms with Crippen molar-refractivity contribution in [2.75, 3.05) is 6.54 Å². The van der Waals surface area contributed by atoms with Crippen molar-refractivity contribution in [3.63, 3.8) is 0 Å². The van der Waals surface area contributed by atoms with E-state index in [1.54, 1.807) is 11.8 Å². The number of halogens is 1. The lowest BCUT2D eigenvalue weighted by Crippen LogP contribution is -2.12. The molecule has 1 aromatic carbocycles. The molecule has 0 spiro atoms. The van der Waals surface area contributed by atoms with Gasteiger partial charge in [0.05, 0.1) is 0 Å². The lowest BCUT2D eigenvalue weighted by molar-refractivity contribution is 0.718. The zero-order valence-corrected chi connectivity index (χ0v) is 12.6. The van der Waals surface area contributed by atoms with Crippen molar-refractivity contribution in [1.82, 2.24) is 14.7 Å². The number of hydrogen-bond acceptors (Lipinski definition) is 5. The molecule has 6 heteroatoms. The van der Waals surface area contributed by atoms with E-state index in [-0.39, 0.29) is 0 Å². The minimum Gasteiger partial charge on any atom is -0.313 e. The summed E-state index contributed by atoms with van der Waals surface area (Å²) in [5, 5.41) is 4.08. The third kappa shape index (κ3) is 3.68. The number of nitrogens with zero attached hydrogens (tertiary/aromatic N) is 2. The zero-order chi connectivity index (χ0) is 13.0. The third-order valence-corrected chi connectivity index (χ3v) is 4.49. The van der Waals surface area contributed by atoms with Gasteiger partial charge in [0, 0.05) is 16.5 Å². The molecular formula is C12H14ClN3S2. The van der Waals surface area contributed by atoms with E-state index in [4.69, 9.17) is 11.6 Å². The molecule has 1 aromatic heterocycles. The van der Waals surface area contributed by atoms with Crippen molar-refractivity contribution in [3.8, 4) is 0 Å². The highest BCUT2D eigenvalue weighted by Crippen LogP contribution is 2.32. The Labute approximate surface area is 120 Å². The van der Waals surface area contributed by atoms with Gasteiger partial charge >= 0.3 is 0 Å². The van der Waals surface area contributed by atoms with E-state index in [1.165, 1.54) is 22.0 Å². The van der Waals surface area contributed by atoms with Gasteiger partial charge in [-0.15, -0.1) is 0 Å². The molecule has 1 N–H and O–H groups in total. The smallest absolute Gasteiger partial charge is 0.174 e. The monoisotopic (exact) mass is 299 g/mol. The summed E-state index contributed by atoms with van der Waals surface area (Å²) in [5.74, 6) is 0.824. The first kappa shape index (κ1) is 13.8. The number of rotatable bonds is 5. The quantitative estimate of drug-likeness (QED) is 0.912. The van der Waals surface area contributed by atoms with Gasteiger partial charge in [0.2, 0.25) is 0 Å². The molecule has 0 aliphatic carbocycles. The molecule has 0 saturated heterocycles. The third-order valence-electron chi connectivity index (χ3n) is 2.29. The van der Waals surface area contributed by atoms with E-state index in [2.05, 4.69) is 21.6 Å². The first-order valence-corrected chi connectivity index (χ1v) is 7.63. The molecule has 0 bridgehead atoms. The second-order valence-electron chi connectivity index (χ2n) is 3.74. The van der Waals surface area contributed by atoms with Crippen molar-refractivity contribution in [2.45, 2.75) is 29.6 Å². The fraction of sp³-hybridized carbons (Fsp3) is 0.333. The summed E-state index contributed by atoms with van der Waals surface area (Å²) in [6.45, 7) is 5.75. The van der Waals surface area contributed by atoms with Crippen molar-refractivity contribution >= 4 is 34.9 Å². The molecule has 3 nitrogen and oxygen atoms in total. The standard InChI is InChI=1S/C12H14ClN3S2/c1-3-14-7-9-6-10(13)4-5-11(9)17-12-15-8(2)16-18-12/h4-6,14H,3,7H2,1-2H3. The maximum Gasteiger partial charge on any atom is 0.174 e. The molecule has 0 aliphatic rings. The van der Waals surface area contributed by atoms with Crippen LogP contribution in [0.15, 0.2) is 27.4 Å². The molecule has 0 aliphatic heterocycles. The lowest BCUT2D eigenvalue weighted by Gasteiger charge is -2.08. The summed E-state index contributed by atoms with van der Waals surface area (Å²) in [4.78, 5) is 5.54. The Morgan fingerprint density at radius 2 is 2.28 bits per heavy atom. The van der Waals surface area contributed by atoms with Gasteiger partial charge in [-0.3, -0.25) is 0 Å². The molecule has 0 fully saturated rings. The van der Waals surface area contributed by atoms with Crippen LogP contribution in [-0.4, -0.2) is 15.9 Å². The van der Waals surface area contributed by atoms with Gasteiger partial charge in [-0.1, -0.05) is 30.3 Å². The summed E-state index contributed by atoms with van der Waals surface area (Å²) < 4.78 is 5.16. The molecule has 2 rings (SSSR count). The van der Waals surface area contributed by atoms with Crippen LogP contribution in [0.4, 0.5) is 0 Å². The molecule has 0 atom stereocenters. The molecule has 0 unspecified atom stereocenters. The average Bonchev–Trinajstić information content (AvgIpc) is 2.75. The second-order valence-corrected chi connectivity index (χ2v) is 6.22. The Balaban J connectivity index is 2.20. The first-order chi connectivity index (χ1) is 8.69. The van der Waals surface area contributed by atoms with E-state index < -0.39 is 0 Å². The summed E-state index contributed by atoms with van der Waals surface area (Å²) in [5.41, 5.74) is 1.20. The summed E-state index contributed by atoms with van der Waals surface area (Å²) in [7, 11) is 0. The molecule has 2 aromatic rings. The number of hydrogen-bond donors (Lipinski definition) is 1. The van der Waals surface area contributed by atoms with Crippen molar-refractivity contribution in [1.29, 1.82) is 0 Å². The molecule has 1 heterocycles. The SMILES string of the molecule is CCNCc1cc(Cl)ccc1Sc1nc(C)ns1. The van der Waals surface area contributed by atoms with Gasteiger partial charge in [0.1, 0.15) is 5.82 Å². The minimum absolute atomic E-state index is 0.765. The van der Waals surface area contributed by atoms with E-state index in [1.807, 2.05) is 25.1 Å². The van der Waals surface area contributed by atoms with Crippen LogP contribution in [0.3, 0.4) is 0 Å². The number of aromatic nitrogens is 2. The van der Waals surface area contributed by atoms with Crippen LogP contribution < -0.4 is 5.32 Å². The van der Waals surface area contributed by atoms with Crippen LogP contribution in [0.2, 0.25) is 5.02 Å². The molecule has 0 radical (unpaired) electrons. The van der Waals surface area contributed by atoms with Gasteiger partial charge in [-0.2, -0.15) is 4.37 Å². The minimum atomic E-state index is 0.765. The molecule has 0 saturated carbocycles.